The number of piperazine rings is 1. The molecule has 0 saturated carbocycles. The van der Waals surface area contributed by atoms with Crippen LogP contribution in [0, 0.1) is 6.92 Å². The third-order valence-corrected chi connectivity index (χ3v) is 8.52. The number of amides is 1. The van der Waals surface area contributed by atoms with Crippen molar-refractivity contribution in [3.05, 3.63) is 75.7 Å². The molecule has 3 aliphatic rings. The summed E-state index contributed by atoms with van der Waals surface area (Å²) < 4.78 is 7.53. The number of nitrogens with zero attached hydrogens (tertiary/aromatic N) is 4. The molecule has 2 bridgehead atoms. The van der Waals surface area contributed by atoms with Gasteiger partial charge in [-0.2, -0.15) is 5.10 Å². The first-order valence-electron chi connectivity index (χ1n) is 13.3. The molecular weight excluding hydrogens is 466 g/mol. The molecule has 1 amide bonds. The molecule has 3 saturated heterocycles. The Kier molecular flexibility index (Phi) is 5.41. The number of aryl methyl sites for hydroxylation is 1. The summed E-state index contributed by atoms with van der Waals surface area (Å²) in [5.41, 5.74) is 4.33. The van der Waals surface area contributed by atoms with Crippen LogP contribution in [0.15, 0.2) is 53.5 Å². The molecule has 2 atom stereocenters. The largest absolute Gasteiger partial charge is 0.381 e. The molecule has 7 rings (SSSR count). The lowest BCUT2D eigenvalue weighted by molar-refractivity contribution is 0.0615. The Hall–Kier alpha value is -3.49. The number of aromatic amines is 1. The van der Waals surface area contributed by atoms with Gasteiger partial charge in [0.2, 0.25) is 0 Å². The zero-order valence-electron chi connectivity index (χ0n) is 21.0. The van der Waals surface area contributed by atoms with Crippen LogP contribution in [0.4, 0.5) is 0 Å². The quantitative estimate of drug-likeness (QED) is 0.466. The molecule has 3 aliphatic heterocycles. The molecule has 3 fully saturated rings. The van der Waals surface area contributed by atoms with Crippen LogP contribution in [0.1, 0.15) is 46.8 Å². The second-order valence-electron chi connectivity index (χ2n) is 10.8. The number of likely N-dealkylation sites (tertiary alicyclic amines) is 2. The van der Waals surface area contributed by atoms with E-state index in [0.717, 1.165) is 60.9 Å². The van der Waals surface area contributed by atoms with Gasteiger partial charge < -0.3 is 14.6 Å². The number of hydrogen-bond donors (Lipinski definition) is 1. The fourth-order valence-electron chi connectivity index (χ4n) is 6.60. The number of fused-ring (bicyclic) bond motifs is 5. The number of nitrogens with one attached hydrogen (secondary N) is 1. The van der Waals surface area contributed by atoms with E-state index in [1.54, 1.807) is 6.20 Å². The molecule has 5 heterocycles. The Labute approximate surface area is 214 Å². The second kappa shape index (κ2) is 8.82. The summed E-state index contributed by atoms with van der Waals surface area (Å²) in [6.07, 6.45) is 4.41. The average Bonchev–Trinajstić information content (AvgIpc) is 3.64. The predicted molar refractivity (Wildman–Crippen MR) is 142 cm³/mol. The molecule has 8 nitrogen and oxygen atoms in total. The summed E-state index contributed by atoms with van der Waals surface area (Å²) in [6, 6.07) is 15.3. The van der Waals surface area contributed by atoms with E-state index < -0.39 is 0 Å². The standard InChI is InChI=1S/C29H31N5O3/c1-18-11-26-24(27-25(28(35)31-26)14-30-34(27)20-7-9-37-10-8-20)13-23(18)29(36)33-17-21-12-22(33)16-32(21)15-19-5-3-2-4-6-19/h2-6,11,13-14,20-22H,7-10,12,15-17H2,1H3,(H,31,35)/t21-,22-/m0/s1. The molecule has 0 aliphatic carbocycles. The van der Waals surface area contributed by atoms with Gasteiger partial charge >= 0.3 is 0 Å². The molecule has 2 aromatic carbocycles. The first kappa shape index (κ1) is 22.7. The van der Waals surface area contributed by atoms with Crippen molar-refractivity contribution in [1.29, 1.82) is 0 Å². The summed E-state index contributed by atoms with van der Waals surface area (Å²) >= 11 is 0. The van der Waals surface area contributed by atoms with Gasteiger partial charge in [-0.3, -0.25) is 19.2 Å². The van der Waals surface area contributed by atoms with E-state index >= 15 is 0 Å². The number of H-pyrrole nitrogens is 1. The Morgan fingerprint density at radius 3 is 2.62 bits per heavy atom. The summed E-state index contributed by atoms with van der Waals surface area (Å²) in [7, 11) is 0. The van der Waals surface area contributed by atoms with E-state index in [2.05, 4.69) is 44.1 Å². The molecule has 4 aromatic rings. The van der Waals surface area contributed by atoms with Crippen LogP contribution in [-0.4, -0.2) is 68.9 Å². The van der Waals surface area contributed by atoms with Crippen molar-refractivity contribution in [1.82, 2.24) is 24.6 Å². The van der Waals surface area contributed by atoms with Crippen molar-refractivity contribution in [2.45, 2.75) is 50.9 Å². The number of carbonyl (C=O) groups is 1. The van der Waals surface area contributed by atoms with Gasteiger partial charge in [0.1, 0.15) is 0 Å². The molecule has 0 spiro atoms. The zero-order chi connectivity index (χ0) is 25.1. The van der Waals surface area contributed by atoms with Crippen molar-refractivity contribution in [3.8, 4) is 0 Å². The lowest BCUT2D eigenvalue weighted by Gasteiger charge is -2.34. The maximum absolute atomic E-state index is 13.9. The summed E-state index contributed by atoms with van der Waals surface area (Å²) in [6.45, 7) is 5.94. The van der Waals surface area contributed by atoms with Gasteiger partial charge in [0.25, 0.3) is 11.5 Å². The minimum Gasteiger partial charge on any atom is -0.381 e. The number of aromatic nitrogens is 3. The van der Waals surface area contributed by atoms with Crippen LogP contribution in [0.2, 0.25) is 0 Å². The number of benzene rings is 2. The average molecular weight is 498 g/mol. The number of carbonyl (C=O) groups excluding carboxylic acids is 1. The van der Waals surface area contributed by atoms with E-state index in [1.165, 1.54) is 5.56 Å². The van der Waals surface area contributed by atoms with Crippen molar-refractivity contribution in [2.24, 2.45) is 0 Å². The van der Waals surface area contributed by atoms with Gasteiger partial charge in [-0.25, -0.2) is 0 Å². The topological polar surface area (TPSA) is 83.5 Å². The highest BCUT2D eigenvalue weighted by molar-refractivity contribution is 6.07. The SMILES string of the molecule is Cc1cc2[nH]c(=O)c3cnn(C4CCOCC4)c3c2cc1C(=O)N1C[C@@H]2C[C@H]1CN2Cc1ccccc1. The molecular formula is C29H31N5O3. The highest BCUT2D eigenvalue weighted by atomic mass is 16.5. The van der Waals surface area contributed by atoms with Crippen molar-refractivity contribution >= 4 is 27.7 Å². The van der Waals surface area contributed by atoms with E-state index in [1.807, 2.05) is 29.8 Å². The van der Waals surface area contributed by atoms with Crippen LogP contribution in [0.3, 0.4) is 0 Å². The van der Waals surface area contributed by atoms with Crippen molar-refractivity contribution in [3.63, 3.8) is 0 Å². The van der Waals surface area contributed by atoms with Crippen LogP contribution >= 0.6 is 0 Å². The van der Waals surface area contributed by atoms with Gasteiger partial charge in [-0.1, -0.05) is 30.3 Å². The third kappa shape index (κ3) is 3.78. The van der Waals surface area contributed by atoms with Gasteiger partial charge in [0.15, 0.2) is 0 Å². The Morgan fingerprint density at radius 2 is 1.86 bits per heavy atom. The fourth-order valence-corrected chi connectivity index (χ4v) is 6.60. The predicted octanol–water partition coefficient (Wildman–Crippen LogP) is 3.64. The highest BCUT2D eigenvalue weighted by Crippen LogP contribution is 2.35. The molecule has 0 radical (unpaired) electrons. The fraction of sp³-hybridized carbons (Fsp3) is 0.414. The molecule has 0 unspecified atom stereocenters. The normalized spacial score (nSPS) is 22.5. The first-order valence-corrected chi connectivity index (χ1v) is 13.3. The van der Waals surface area contributed by atoms with Gasteiger partial charge in [0.05, 0.1) is 28.7 Å². The zero-order valence-corrected chi connectivity index (χ0v) is 21.0. The Bertz CT molecular complexity index is 1550. The van der Waals surface area contributed by atoms with Crippen LogP contribution in [0.25, 0.3) is 21.8 Å². The van der Waals surface area contributed by atoms with E-state index in [9.17, 15) is 9.59 Å². The first-order chi connectivity index (χ1) is 18.1. The molecule has 190 valence electrons. The summed E-state index contributed by atoms with van der Waals surface area (Å²) in [5, 5.41) is 6.06. The van der Waals surface area contributed by atoms with E-state index in [0.29, 0.717) is 30.2 Å². The minimum atomic E-state index is -0.144. The monoisotopic (exact) mass is 497 g/mol. The maximum atomic E-state index is 13.9. The van der Waals surface area contributed by atoms with Gasteiger partial charge in [-0.05, 0) is 49.4 Å². The van der Waals surface area contributed by atoms with E-state index in [4.69, 9.17) is 4.74 Å². The van der Waals surface area contributed by atoms with Gasteiger partial charge in [-0.15, -0.1) is 0 Å². The summed E-state index contributed by atoms with van der Waals surface area (Å²) in [5.74, 6) is 0.0859. The highest BCUT2D eigenvalue weighted by Gasteiger charge is 2.45. The lowest BCUT2D eigenvalue weighted by Crippen LogP contribution is -2.48. The molecule has 1 N–H and O–H groups in total. The number of pyridine rings is 1. The van der Waals surface area contributed by atoms with Crippen molar-refractivity contribution in [2.75, 3.05) is 26.3 Å². The van der Waals surface area contributed by atoms with Gasteiger partial charge in [0, 0.05) is 55.9 Å². The molecule has 8 heteroatoms. The van der Waals surface area contributed by atoms with Crippen LogP contribution < -0.4 is 5.56 Å². The number of rotatable bonds is 4. The molecule has 2 aromatic heterocycles. The van der Waals surface area contributed by atoms with Crippen LogP contribution in [-0.2, 0) is 11.3 Å². The van der Waals surface area contributed by atoms with Crippen molar-refractivity contribution < 1.29 is 9.53 Å². The smallest absolute Gasteiger partial charge is 0.259 e. The summed E-state index contributed by atoms with van der Waals surface area (Å²) in [4.78, 5) is 34.4. The maximum Gasteiger partial charge on any atom is 0.259 e. The molecule has 37 heavy (non-hydrogen) atoms. The minimum absolute atomic E-state index is 0.0859. The number of hydrogen-bond acceptors (Lipinski definition) is 5. The second-order valence-corrected chi connectivity index (χ2v) is 10.8. The lowest BCUT2D eigenvalue weighted by atomic mass is 10.0. The Morgan fingerprint density at radius 1 is 1.05 bits per heavy atom. The number of ether oxygens (including phenoxy) is 1. The van der Waals surface area contributed by atoms with Crippen LogP contribution in [0.5, 0.6) is 0 Å². The van der Waals surface area contributed by atoms with E-state index in [-0.39, 0.29) is 23.6 Å². The Balaban J connectivity index is 1.22. The third-order valence-electron chi connectivity index (χ3n) is 8.52.